The lowest BCUT2D eigenvalue weighted by Gasteiger charge is -2.35. The number of aliphatic hydroxyl groups is 1. The molecular weight excluding hydrogens is 152 g/mol. The fraction of sp³-hybridized carbons (Fsp3) is 0.900. The molecule has 0 aromatic heterocycles. The number of rotatable bonds is 3. The maximum Gasteiger partial charge on any atom is 0.128 e. The van der Waals surface area contributed by atoms with Gasteiger partial charge < -0.3 is 9.90 Å². The second-order valence-electron chi connectivity index (χ2n) is 3.84. The molecule has 0 saturated heterocycles. The minimum Gasteiger partial charge on any atom is -0.392 e. The highest BCUT2D eigenvalue weighted by Crippen LogP contribution is 2.38. The molecule has 0 amide bonds. The van der Waals surface area contributed by atoms with Crippen molar-refractivity contribution in [2.75, 3.05) is 0 Å². The van der Waals surface area contributed by atoms with Crippen LogP contribution in [-0.4, -0.2) is 17.5 Å². The van der Waals surface area contributed by atoms with Gasteiger partial charge in [-0.15, -0.1) is 0 Å². The zero-order chi connectivity index (χ0) is 9.03. The molecule has 1 aliphatic carbocycles. The average molecular weight is 170 g/mol. The first-order valence-electron chi connectivity index (χ1n) is 4.89. The van der Waals surface area contributed by atoms with Crippen molar-refractivity contribution in [2.45, 2.75) is 51.6 Å². The monoisotopic (exact) mass is 170 g/mol. The SMILES string of the molecule is CCC(O)C1(C=O)CCCCC1. The second-order valence-corrected chi connectivity index (χ2v) is 3.84. The molecule has 0 radical (unpaired) electrons. The van der Waals surface area contributed by atoms with Crippen molar-refractivity contribution in [3.8, 4) is 0 Å². The number of hydrogen-bond acceptors (Lipinski definition) is 2. The molecule has 70 valence electrons. The van der Waals surface area contributed by atoms with E-state index < -0.39 is 11.5 Å². The van der Waals surface area contributed by atoms with Crippen LogP contribution in [0.15, 0.2) is 0 Å². The third-order valence-corrected chi connectivity index (χ3v) is 3.07. The smallest absolute Gasteiger partial charge is 0.128 e. The van der Waals surface area contributed by atoms with Crippen LogP contribution in [0.1, 0.15) is 45.4 Å². The van der Waals surface area contributed by atoms with Crippen LogP contribution in [-0.2, 0) is 4.79 Å². The molecule has 0 aliphatic heterocycles. The molecule has 1 fully saturated rings. The summed E-state index contributed by atoms with van der Waals surface area (Å²) in [6.07, 6.45) is 6.42. The zero-order valence-corrected chi connectivity index (χ0v) is 7.75. The number of aldehydes is 1. The van der Waals surface area contributed by atoms with Gasteiger partial charge in [-0.3, -0.25) is 0 Å². The summed E-state index contributed by atoms with van der Waals surface area (Å²) in [6.45, 7) is 1.94. The second kappa shape index (κ2) is 4.04. The lowest BCUT2D eigenvalue weighted by molar-refractivity contribution is -0.125. The van der Waals surface area contributed by atoms with Gasteiger partial charge in [-0.05, 0) is 19.3 Å². The fourth-order valence-corrected chi connectivity index (χ4v) is 2.15. The molecule has 0 aromatic carbocycles. The molecular formula is C10H18O2. The van der Waals surface area contributed by atoms with Gasteiger partial charge in [-0.2, -0.15) is 0 Å². The van der Waals surface area contributed by atoms with Crippen molar-refractivity contribution in [1.29, 1.82) is 0 Å². The van der Waals surface area contributed by atoms with Crippen LogP contribution in [0.25, 0.3) is 0 Å². The summed E-state index contributed by atoms with van der Waals surface area (Å²) < 4.78 is 0. The van der Waals surface area contributed by atoms with E-state index in [1.165, 1.54) is 6.42 Å². The number of carbonyl (C=O) groups excluding carboxylic acids is 1. The van der Waals surface area contributed by atoms with Crippen LogP contribution in [0.3, 0.4) is 0 Å². The molecule has 1 atom stereocenters. The van der Waals surface area contributed by atoms with Crippen LogP contribution in [0, 0.1) is 5.41 Å². The zero-order valence-electron chi connectivity index (χ0n) is 7.75. The summed E-state index contributed by atoms with van der Waals surface area (Å²) in [5, 5.41) is 9.70. The summed E-state index contributed by atoms with van der Waals surface area (Å²) in [6, 6.07) is 0. The Hall–Kier alpha value is -0.370. The Morgan fingerprint density at radius 2 is 2.00 bits per heavy atom. The molecule has 1 saturated carbocycles. The molecule has 1 aliphatic rings. The molecule has 2 heteroatoms. The summed E-state index contributed by atoms with van der Waals surface area (Å²) in [5.74, 6) is 0. The van der Waals surface area contributed by atoms with Crippen LogP contribution >= 0.6 is 0 Å². The topological polar surface area (TPSA) is 37.3 Å². The third-order valence-electron chi connectivity index (χ3n) is 3.07. The van der Waals surface area contributed by atoms with E-state index in [1.807, 2.05) is 6.92 Å². The predicted molar refractivity (Wildman–Crippen MR) is 47.9 cm³/mol. The summed E-state index contributed by atoms with van der Waals surface area (Å²) in [5.41, 5.74) is -0.396. The van der Waals surface area contributed by atoms with Gasteiger partial charge in [0.1, 0.15) is 6.29 Å². The lowest BCUT2D eigenvalue weighted by atomic mass is 9.70. The number of hydrogen-bond donors (Lipinski definition) is 1. The molecule has 0 aromatic rings. The average Bonchev–Trinajstić information content (AvgIpc) is 2.17. The highest BCUT2D eigenvalue weighted by molar-refractivity contribution is 5.60. The van der Waals surface area contributed by atoms with Gasteiger partial charge in [-0.1, -0.05) is 26.2 Å². The van der Waals surface area contributed by atoms with Crippen molar-refractivity contribution in [3.63, 3.8) is 0 Å². The highest BCUT2D eigenvalue weighted by atomic mass is 16.3. The molecule has 1 rings (SSSR count). The van der Waals surface area contributed by atoms with Gasteiger partial charge in [0.15, 0.2) is 0 Å². The highest BCUT2D eigenvalue weighted by Gasteiger charge is 2.37. The summed E-state index contributed by atoms with van der Waals surface area (Å²) >= 11 is 0. The van der Waals surface area contributed by atoms with Crippen LogP contribution < -0.4 is 0 Å². The van der Waals surface area contributed by atoms with Crippen molar-refractivity contribution in [1.82, 2.24) is 0 Å². The van der Waals surface area contributed by atoms with Gasteiger partial charge in [0.05, 0.1) is 11.5 Å². The fourth-order valence-electron chi connectivity index (χ4n) is 2.15. The maximum absolute atomic E-state index is 10.9. The Labute approximate surface area is 74.0 Å². The van der Waals surface area contributed by atoms with E-state index in [2.05, 4.69) is 0 Å². The number of carbonyl (C=O) groups is 1. The summed E-state index contributed by atoms with van der Waals surface area (Å²) in [4.78, 5) is 10.9. The molecule has 12 heavy (non-hydrogen) atoms. The quantitative estimate of drug-likeness (QED) is 0.657. The Morgan fingerprint density at radius 1 is 1.42 bits per heavy atom. The lowest BCUT2D eigenvalue weighted by Crippen LogP contribution is -2.38. The molecule has 2 nitrogen and oxygen atoms in total. The summed E-state index contributed by atoms with van der Waals surface area (Å²) in [7, 11) is 0. The van der Waals surface area contributed by atoms with Gasteiger partial charge in [0.25, 0.3) is 0 Å². The molecule has 1 N–H and O–H groups in total. The van der Waals surface area contributed by atoms with E-state index in [4.69, 9.17) is 0 Å². The van der Waals surface area contributed by atoms with Gasteiger partial charge in [0.2, 0.25) is 0 Å². The first kappa shape index (κ1) is 9.72. The Balaban J connectivity index is 2.65. The number of aliphatic hydroxyl groups excluding tert-OH is 1. The van der Waals surface area contributed by atoms with E-state index in [0.717, 1.165) is 32.0 Å². The van der Waals surface area contributed by atoms with Crippen molar-refractivity contribution >= 4 is 6.29 Å². The Kier molecular flexibility index (Phi) is 3.27. The van der Waals surface area contributed by atoms with Gasteiger partial charge in [0, 0.05) is 0 Å². The standard InChI is InChI=1S/C10H18O2/c1-2-9(12)10(8-11)6-4-3-5-7-10/h8-9,12H,2-7H2,1H3. The van der Waals surface area contributed by atoms with E-state index in [9.17, 15) is 9.90 Å². The minimum atomic E-state index is -0.421. The molecule has 0 heterocycles. The normalized spacial score (nSPS) is 24.8. The molecule has 0 bridgehead atoms. The largest absolute Gasteiger partial charge is 0.392 e. The van der Waals surface area contributed by atoms with Crippen LogP contribution in [0.5, 0.6) is 0 Å². The van der Waals surface area contributed by atoms with E-state index in [-0.39, 0.29) is 0 Å². The van der Waals surface area contributed by atoms with Crippen LogP contribution in [0.2, 0.25) is 0 Å². The van der Waals surface area contributed by atoms with Crippen LogP contribution in [0.4, 0.5) is 0 Å². The maximum atomic E-state index is 10.9. The van der Waals surface area contributed by atoms with E-state index in [0.29, 0.717) is 6.42 Å². The first-order valence-corrected chi connectivity index (χ1v) is 4.89. The van der Waals surface area contributed by atoms with E-state index >= 15 is 0 Å². The Bertz CT molecular complexity index is 148. The van der Waals surface area contributed by atoms with Crippen molar-refractivity contribution in [3.05, 3.63) is 0 Å². The van der Waals surface area contributed by atoms with Gasteiger partial charge >= 0.3 is 0 Å². The molecule has 1 unspecified atom stereocenters. The van der Waals surface area contributed by atoms with E-state index in [1.54, 1.807) is 0 Å². The first-order chi connectivity index (χ1) is 5.75. The van der Waals surface area contributed by atoms with Crippen molar-refractivity contribution in [2.24, 2.45) is 5.41 Å². The third kappa shape index (κ3) is 1.69. The van der Waals surface area contributed by atoms with Crippen molar-refractivity contribution < 1.29 is 9.90 Å². The predicted octanol–water partition coefficient (Wildman–Crippen LogP) is 1.91. The molecule has 0 spiro atoms. The Morgan fingerprint density at radius 3 is 2.42 bits per heavy atom. The minimum absolute atomic E-state index is 0.396. The van der Waals surface area contributed by atoms with Gasteiger partial charge in [-0.25, -0.2) is 0 Å².